The molecule has 0 amide bonds. The maximum Gasteiger partial charge on any atom is 0.220 e. The van der Waals surface area contributed by atoms with Crippen LogP contribution in [-0.2, 0) is 19.5 Å². The number of benzene rings is 1. The van der Waals surface area contributed by atoms with E-state index in [1.54, 1.807) is 6.20 Å². The maximum atomic E-state index is 6.22. The summed E-state index contributed by atoms with van der Waals surface area (Å²) in [6, 6.07) is 5.59. The Morgan fingerprint density at radius 2 is 2.00 bits per heavy atom. The Labute approximate surface area is 127 Å². The molecule has 2 aromatic rings. The van der Waals surface area contributed by atoms with Crippen molar-refractivity contribution in [2.24, 2.45) is 0 Å². The summed E-state index contributed by atoms with van der Waals surface area (Å²) >= 11 is 12.4. The summed E-state index contributed by atoms with van der Waals surface area (Å²) in [6.45, 7) is 2.42. The first kappa shape index (κ1) is 13.6. The molecule has 0 bridgehead atoms. The number of nitrogens with zero attached hydrogens (tertiary/aromatic N) is 3. The van der Waals surface area contributed by atoms with Gasteiger partial charge in [0.25, 0.3) is 0 Å². The first-order valence-electron chi connectivity index (χ1n) is 6.39. The van der Waals surface area contributed by atoms with Crippen molar-refractivity contribution < 1.29 is 0 Å². The van der Waals surface area contributed by atoms with Gasteiger partial charge in [-0.05, 0) is 12.1 Å². The lowest BCUT2D eigenvalue weighted by molar-refractivity contribution is 0.243. The predicted molar refractivity (Wildman–Crippen MR) is 80.7 cm³/mol. The van der Waals surface area contributed by atoms with Crippen molar-refractivity contribution in [1.29, 1.82) is 0 Å². The Morgan fingerprint density at radius 1 is 1.25 bits per heavy atom. The lowest BCUT2D eigenvalue weighted by atomic mass is 10.1. The van der Waals surface area contributed by atoms with Crippen molar-refractivity contribution in [3.05, 3.63) is 51.3 Å². The zero-order chi connectivity index (χ0) is 14.1. The summed E-state index contributed by atoms with van der Waals surface area (Å²) in [4.78, 5) is 10.6. The maximum absolute atomic E-state index is 6.22. The van der Waals surface area contributed by atoms with Crippen molar-refractivity contribution in [2.45, 2.75) is 19.5 Å². The van der Waals surface area contributed by atoms with E-state index in [-0.39, 0.29) is 0 Å². The zero-order valence-electron chi connectivity index (χ0n) is 10.8. The van der Waals surface area contributed by atoms with E-state index in [9.17, 15) is 0 Å². The molecule has 0 radical (unpaired) electrons. The summed E-state index contributed by atoms with van der Waals surface area (Å²) < 4.78 is 0. The molecule has 104 valence electrons. The summed E-state index contributed by atoms with van der Waals surface area (Å²) in [5.41, 5.74) is 8.74. The Balaban J connectivity index is 1.79. The largest absolute Gasteiger partial charge is 0.368 e. The molecule has 20 heavy (non-hydrogen) atoms. The molecule has 3 rings (SSSR count). The van der Waals surface area contributed by atoms with E-state index >= 15 is 0 Å². The number of halogens is 2. The number of aromatic nitrogens is 2. The second kappa shape index (κ2) is 5.56. The number of anilines is 1. The molecule has 0 saturated carbocycles. The van der Waals surface area contributed by atoms with Crippen LogP contribution in [0.5, 0.6) is 0 Å². The second-order valence-electron chi connectivity index (χ2n) is 4.86. The van der Waals surface area contributed by atoms with E-state index in [0.29, 0.717) is 16.0 Å². The van der Waals surface area contributed by atoms with Crippen LogP contribution in [0.2, 0.25) is 10.0 Å². The molecule has 0 aliphatic carbocycles. The molecule has 1 aliphatic rings. The Bertz CT molecular complexity index is 625. The van der Waals surface area contributed by atoms with E-state index in [1.807, 2.05) is 18.2 Å². The van der Waals surface area contributed by atoms with Crippen molar-refractivity contribution in [1.82, 2.24) is 14.9 Å². The van der Waals surface area contributed by atoms with Crippen molar-refractivity contribution in [2.75, 3.05) is 12.3 Å². The molecule has 0 fully saturated rings. The summed E-state index contributed by atoms with van der Waals surface area (Å²) in [5, 5.41) is 1.41. The van der Waals surface area contributed by atoms with Gasteiger partial charge in [0.2, 0.25) is 5.95 Å². The van der Waals surface area contributed by atoms with Crippen LogP contribution in [0.4, 0.5) is 5.95 Å². The van der Waals surface area contributed by atoms with E-state index in [1.165, 1.54) is 0 Å². The molecule has 4 nitrogen and oxygen atoms in total. The van der Waals surface area contributed by atoms with E-state index in [4.69, 9.17) is 28.9 Å². The fraction of sp³-hybridized carbons (Fsp3) is 0.286. The van der Waals surface area contributed by atoms with Gasteiger partial charge in [-0.2, -0.15) is 0 Å². The Morgan fingerprint density at radius 3 is 2.75 bits per heavy atom. The summed E-state index contributed by atoms with van der Waals surface area (Å²) in [7, 11) is 0. The highest BCUT2D eigenvalue weighted by Gasteiger charge is 2.19. The van der Waals surface area contributed by atoms with Gasteiger partial charge in [-0.15, -0.1) is 0 Å². The monoisotopic (exact) mass is 308 g/mol. The number of fused-ring (bicyclic) bond motifs is 1. The van der Waals surface area contributed by atoms with Crippen molar-refractivity contribution in [3.63, 3.8) is 0 Å². The molecule has 0 unspecified atom stereocenters. The van der Waals surface area contributed by atoms with Gasteiger partial charge in [0, 0.05) is 53.4 Å². The molecule has 0 saturated heterocycles. The second-order valence-corrected chi connectivity index (χ2v) is 5.68. The SMILES string of the molecule is Nc1ncc2c(n1)CCN(Cc1c(Cl)cccc1Cl)C2. The third kappa shape index (κ3) is 2.73. The first-order chi connectivity index (χ1) is 9.63. The van der Waals surface area contributed by atoms with E-state index in [0.717, 1.165) is 42.9 Å². The zero-order valence-corrected chi connectivity index (χ0v) is 12.3. The lowest BCUT2D eigenvalue weighted by Crippen LogP contribution is -2.31. The third-order valence-corrected chi connectivity index (χ3v) is 4.18. The number of nitrogens with two attached hydrogens (primary N) is 1. The molecule has 2 heterocycles. The van der Waals surface area contributed by atoms with Gasteiger partial charge >= 0.3 is 0 Å². The highest BCUT2D eigenvalue weighted by atomic mass is 35.5. The molecule has 0 atom stereocenters. The van der Waals surface area contributed by atoms with Crippen LogP contribution in [0.25, 0.3) is 0 Å². The van der Waals surface area contributed by atoms with Crippen LogP contribution < -0.4 is 5.73 Å². The number of rotatable bonds is 2. The van der Waals surface area contributed by atoms with Gasteiger partial charge in [0.05, 0.1) is 5.69 Å². The number of nitrogen functional groups attached to an aromatic ring is 1. The van der Waals surface area contributed by atoms with Gasteiger partial charge in [-0.3, -0.25) is 4.90 Å². The Hall–Kier alpha value is -1.36. The Kier molecular flexibility index (Phi) is 3.78. The van der Waals surface area contributed by atoms with Gasteiger partial charge in [0.15, 0.2) is 0 Å². The van der Waals surface area contributed by atoms with Gasteiger partial charge < -0.3 is 5.73 Å². The van der Waals surface area contributed by atoms with Crippen molar-refractivity contribution in [3.8, 4) is 0 Å². The number of hydrogen-bond acceptors (Lipinski definition) is 4. The molecular weight excluding hydrogens is 295 g/mol. The molecule has 2 N–H and O–H groups in total. The van der Waals surface area contributed by atoms with Gasteiger partial charge in [-0.25, -0.2) is 9.97 Å². The molecule has 1 aliphatic heterocycles. The summed E-state index contributed by atoms with van der Waals surface area (Å²) in [6.07, 6.45) is 2.67. The minimum absolute atomic E-state index is 0.339. The normalized spacial score (nSPS) is 15.1. The van der Waals surface area contributed by atoms with E-state index in [2.05, 4.69) is 14.9 Å². The topological polar surface area (TPSA) is 55.0 Å². The van der Waals surface area contributed by atoms with Crippen LogP contribution in [0.1, 0.15) is 16.8 Å². The summed E-state index contributed by atoms with van der Waals surface area (Å²) in [5.74, 6) is 0.339. The molecule has 1 aromatic heterocycles. The van der Waals surface area contributed by atoms with Crippen LogP contribution in [0.3, 0.4) is 0 Å². The average molecular weight is 309 g/mol. The minimum Gasteiger partial charge on any atom is -0.368 e. The first-order valence-corrected chi connectivity index (χ1v) is 7.14. The third-order valence-electron chi connectivity index (χ3n) is 3.48. The highest BCUT2D eigenvalue weighted by Crippen LogP contribution is 2.27. The minimum atomic E-state index is 0.339. The van der Waals surface area contributed by atoms with E-state index < -0.39 is 0 Å². The van der Waals surface area contributed by atoms with Crippen molar-refractivity contribution >= 4 is 29.2 Å². The highest BCUT2D eigenvalue weighted by molar-refractivity contribution is 6.35. The molecule has 0 spiro atoms. The fourth-order valence-electron chi connectivity index (χ4n) is 2.43. The van der Waals surface area contributed by atoms with Crippen LogP contribution >= 0.6 is 23.2 Å². The van der Waals surface area contributed by atoms with Crippen LogP contribution in [-0.4, -0.2) is 21.4 Å². The number of hydrogen-bond donors (Lipinski definition) is 1. The smallest absolute Gasteiger partial charge is 0.220 e. The lowest BCUT2D eigenvalue weighted by Gasteiger charge is -2.28. The van der Waals surface area contributed by atoms with Gasteiger partial charge in [0.1, 0.15) is 0 Å². The average Bonchev–Trinajstić information content (AvgIpc) is 2.43. The standard InChI is InChI=1S/C14H14Cl2N4/c15-11-2-1-3-12(16)10(11)8-20-5-4-13-9(7-20)6-18-14(17)19-13/h1-3,6H,4-5,7-8H2,(H2,17,18,19). The quantitative estimate of drug-likeness (QED) is 0.927. The van der Waals surface area contributed by atoms with Crippen LogP contribution in [0.15, 0.2) is 24.4 Å². The predicted octanol–water partition coefficient (Wildman–Crippen LogP) is 2.92. The van der Waals surface area contributed by atoms with Crippen LogP contribution in [0, 0.1) is 0 Å². The molecular formula is C14H14Cl2N4. The molecule has 6 heteroatoms. The fourth-order valence-corrected chi connectivity index (χ4v) is 2.95. The van der Waals surface area contributed by atoms with Gasteiger partial charge in [-0.1, -0.05) is 29.3 Å². The molecule has 1 aromatic carbocycles.